The Hall–Kier alpha value is -2.96. The van der Waals surface area contributed by atoms with Gasteiger partial charge < -0.3 is 5.32 Å². The highest BCUT2D eigenvalue weighted by molar-refractivity contribution is 5.93. The summed E-state index contributed by atoms with van der Waals surface area (Å²) in [7, 11) is 0. The average Bonchev–Trinajstić information content (AvgIpc) is 3.35. The molecule has 0 unspecified atom stereocenters. The lowest BCUT2D eigenvalue weighted by Crippen LogP contribution is -2.31. The van der Waals surface area contributed by atoms with Gasteiger partial charge in [0.05, 0.1) is 11.7 Å². The zero-order chi connectivity index (χ0) is 19.2. The van der Waals surface area contributed by atoms with Crippen molar-refractivity contribution in [1.82, 2.24) is 29.9 Å². The maximum absolute atomic E-state index is 13.0. The Bertz CT molecular complexity index is 854. The van der Waals surface area contributed by atoms with Gasteiger partial charge in [0.2, 0.25) is 0 Å². The van der Waals surface area contributed by atoms with Gasteiger partial charge in [-0.1, -0.05) is 44.2 Å². The molecule has 0 bridgehead atoms. The molecule has 0 aliphatic heterocycles. The van der Waals surface area contributed by atoms with E-state index >= 15 is 0 Å². The van der Waals surface area contributed by atoms with Crippen molar-refractivity contribution < 1.29 is 4.79 Å². The fourth-order valence-electron chi connectivity index (χ4n) is 2.99. The van der Waals surface area contributed by atoms with Crippen LogP contribution in [0.2, 0.25) is 0 Å². The predicted octanol–water partition coefficient (Wildman–Crippen LogP) is 3.18. The molecule has 1 aromatic carbocycles. The molecule has 0 aliphatic carbocycles. The Labute approximate surface area is 159 Å². The molecule has 1 atom stereocenters. The minimum absolute atomic E-state index is 0.108. The molecule has 2 aromatic heterocycles. The molecule has 0 fully saturated rings. The van der Waals surface area contributed by atoms with E-state index in [0.29, 0.717) is 18.8 Å². The molecule has 0 radical (unpaired) electrons. The van der Waals surface area contributed by atoms with Crippen LogP contribution in [0, 0.1) is 0 Å². The number of benzene rings is 1. The number of rotatable bonds is 8. The number of carbonyl (C=O) groups is 1. The van der Waals surface area contributed by atoms with Gasteiger partial charge in [0, 0.05) is 13.1 Å². The van der Waals surface area contributed by atoms with Crippen molar-refractivity contribution in [3.05, 3.63) is 66.0 Å². The average molecular weight is 366 g/mol. The molecule has 0 saturated carbocycles. The van der Waals surface area contributed by atoms with Crippen molar-refractivity contribution in [2.24, 2.45) is 0 Å². The van der Waals surface area contributed by atoms with Crippen LogP contribution in [0.25, 0.3) is 0 Å². The third kappa shape index (κ3) is 4.61. The van der Waals surface area contributed by atoms with E-state index in [1.807, 2.05) is 43.3 Å². The third-order valence-electron chi connectivity index (χ3n) is 4.54. The number of hydrogen-bond donors (Lipinski definition) is 1. The summed E-state index contributed by atoms with van der Waals surface area (Å²) in [5.74, 6) is 0.172. The van der Waals surface area contributed by atoms with E-state index in [1.54, 1.807) is 15.7 Å². The Balaban J connectivity index is 1.79. The second kappa shape index (κ2) is 8.62. The van der Waals surface area contributed by atoms with Crippen LogP contribution < -0.4 is 5.32 Å². The summed E-state index contributed by atoms with van der Waals surface area (Å²) in [4.78, 5) is 17.0. The molecule has 3 rings (SSSR count). The van der Waals surface area contributed by atoms with Crippen LogP contribution in [0.1, 0.15) is 60.9 Å². The van der Waals surface area contributed by atoms with Crippen molar-refractivity contribution >= 4 is 5.91 Å². The van der Waals surface area contributed by atoms with Crippen molar-refractivity contribution in [2.75, 3.05) is 0 Å². The quantitative estimate of drug-likeness (QED) is 0.664. The van der Waals surface area contributed by atoms with Gasteiger partial charge in [-0.15, -0.1) is 0 Å². The summed E-state index contributed by atoms with van der Waals surface area (Å²) >= 11 is 0. The van der Waals surface area contributed by atoms with Gasteiger partial charge in [-0.3, -0.25) is 14.2 Å². The van der Waals surface area contributed by atoms with Gasteiger partial charge in [-0.2, -0.15) is 10.2 Å². The number of nitrogens with zero attached hydrogens (tertiary/aromatic N) is 5. The van der Waals surface area contributed by atoms with E-state index in [-0.39, 0.29) is 17.9 Å². The molecular formula is C20H26N6O. The molecule has 0 spiro atoms. The van der Waals surface area contributed by atoms with Gasteiger partial charge in [0.15, 0.2) is 0 Å². The van der Waals surface area contributed by atoms with Gasteiger partial charge in [0.25, 0.3) is 5.91 Å². The molecule has 1 amide bonds. The lowest BCUT2D eigenvalue weighted by molar-refractivity contribution is 0.0922. The van der Waals surface area contributed by atoms with Crippen molar-refractivity contribution in [2.45, 2.75) is 52.2 Å². The third-order valence-corrected chi connectivity index (χ3v) is 4.54. The van der Waals surface area contributed by atoms with Crippen molar-refractivity contribution in [1.29, 1.82) is 0 Å². The molecule has 3 aromatic rings. The van der Waals surface area contributed by atoms with Crippen molar-refractivity contribution in [3.8, 4) is 0 Å². The Kier molecular flexibility index (Phi) is 6.01. The normalized spacial score (nSPS) is 12.3. The summed E-state index contributed by atoms with van der Waals surface area (Å²) < 4.78 is 3.54. The first-order valence-electron chi connectivity index (χ1n) is 9.34. The van der Waals surface area contributed by atoms with E-state index in [9.17, 15) is 4.79 Å². The highest BCUT2D eigenvalue weighted by Crippen LogP contribution is 2.20. The lowest BCUT2D eigenvalue weighted by Gasteiger charge is -2.19. The largest absolute Gasteiger partial charge is 0.344 e. The van der Waals surface area contributed by atoms with E-state index < -0.39 is 0 Å². The van der Waals surface area contributed by atoms with E-state index in [4.69, 9.17) is 0 Å². The Morgan fingerprint density at radius 3 is 2.63 bits per heavy atom. The van der Waals surface area contributed by atoms with Crippen LogP contribution >= 0.6 is 0 Å². The second-order valence-electron chi connectivity index (χ2n) is 6.81. The smallest absolute Gasteiger partial charge is 0.270 e. The molecular weight excluding hydrogens is 340 g/mol. The van der Waals surface area contributed by atoms with Gasteiger partial charge in [-0.25, -0.2) is 4.98 Å². The summed E-state index contributed by atoms with van der Waals surface area (Å²) in [6, 6.07) is 11.8. The highest BCUT2D eigenvalue weighted by Gasteiger charge is 2.20. The fourth-order valence-corrected chi connectivity index (χ4v) is 2.99. The molecule has 1 N–H and O–H groups in total. The molecule has 142 valence electrons. The van der Waals surface area contributed by atoms with E-state index in [2.05, 4.69) is 34.3 Å². The minimum atomic E-state index is -0.120. The second-order valence-corrected chi connectivity index (χ2v) is 6.81. The monoisotopic (exact) mass is 366 g/mol. The maximum atomic E-state index is 13.0. The number of aryl methyl sites for hydroxylation is 2. The van der Waals surface area contributed by atoms with Crippen LogP contribution in [0.3, 0.4) is 0 Å². The van der Waals surface area contributed by atoms with Crippen LogP contribution in [0.4, 0.5) is 0 Å². The first-order chi connectivity index (χ1) is 13.1. The van der Waals surface area contributed by atoms with E-state index in [0.717, 1.165) is 17.7 Å². The highest BCUT2D eigenvalue weighted by atomic mass is 16.2. The molecule has 7 heteroatoms. The first-order valence-corrected chi connectivity index (χ1v) is 9.34. The SMILES string of the molecule is CCn1nc(C(C)C)cc1C(=O)N[C@@H](CCn1cncn1)c1ccccc1. The van der Waals surface area contributed by atoms with Crippen LogP contribution in [-0.2, 0) is 13.1 Å². The van der Waals surface area contributed by atoms with Crippen LogP contribution in [-0.4, -0.2) is 30.5 Å². The van der Waals surface area contributed by atoms with Gasteiger partial charge in [0.1, 0.15) is 18.3 Å². The molecule has 2 heterocycles. The molecule has 0 aliphatic rings. The molecule has 0 saturated heterocycles. The van der Waals surface area contributed by atoms with E-state index in [1.165, 1.54) is 6.33 Å². The molecule has 7 nitrogen and oxygen atoms in total. The zero-order valence-corrected chi connectivity index (χ0v) is 16.0. The van der Waals surface area contributed by atoms with Gasteiger partial charge >= 0.3 is 0 Å². The zero-order valence-electron chi connectivity index (χ0n) is 16.0. The van der Waals surface area contributed by atoms with Gasteiger partial charge in [-0.05, 0) is 30.9 Å². The summed E-state index contributed by atoms with van der Waals surface area (Å²) in [5, 5.41) is 11.9. The first kappa shape index (κ1) is 18.8. The Morgan fingerprint density at radius 1 is 1.22 bits per heavy atom. The Morgan fingerprint density at radius 2 is 2.00 bits per heavy atom. The number of carbonyl (C=O) groups excluding carboxylic acids is 1. The summed E-state index contributed by atoms with van der Waals surface area (Å²) in [5.41, 5.74) is 2.60. The lowest BCUT2D eigenvalue weighted by atomic mass is 10.0. The molecule has 27 heavy (non-hydrogen) atoms. The van der Waals surface area contributed by atoms with Crippen LogP contribution in [0.5, 0.6) is 0 Å². The number of nitrogens with one attached hydrogen (secondary N) is 1. The maximum Gasteiger partial charge on any atom is 0.270 e. The number of hydrogen-bond acceptors (Lipinski definition) is 4. The van der Waals surface area contributed by atoms with Crippen LogP contribution in [0.15, 0.2) is 49.1 Å². The summed E-state index contributed by atoms with van der Waals surface area (Å²) in [6.45, 7) is 7.48. The number of amides is 1. The number of aromatic nitrogens is 5. The van der Waals surface area contributed by atoms with Crippen molar-refractivity contribution in [3.63, 3.8) is 0 Å². The minimum Gasteiger partial charge on any atom is -0.344 e. The topological polar surface area (TPSA) is 77.6 Å². The standard InChI is InChI=1S/C20H26N6O/c1-4-26-19(12-18(24-26)15(2)3)20(27)23-17(16-8-6-5-7-9-16)10-11-25-14-21-13-22-25/h5-9,12-15,17H,4,10-11H2,1-3H3,(H,23,27)/t17-/m0/s1. The summed E-state index contributed by atoms with van der Waals surface area (Å²) in [6.07, 6.45) is 3.92. The predicted molar refractivity (Wildman–Crippen MR) is 103 cm³/mol. The fraction of sp³-hybridized carbons (Fsp3) is 0.400.